The number of para-hydroxylation sites is 1. The number of benzene rings is 1. The van der Waals surface area contributed by atoms with Gasteiger partial charge < -0.3 is 20.3 Å². The van der Waals surface area contributed by atoms with Crippen molar-refractivity contribution in [1.29, 1.82) is 0 Å². The first kappa shape index (κ1) is 27.7. The molecule has 212 valence electrons. The molecule has 0 spiro atoms. The molecule has 1 aromatic heterocycles. The number of hydrogen-bond donors (Lipinski definition) is 2. The van der Waals surface area contributed by atoms with E-state index >= 15 is 0 Å². The van der Waals surface area contributed by atoms with Crippen molar-refractivity contribution in [2.75, 3.05) is 32.1 Å². The third kappa shape index (κ3) is 6.16. The van der Waals surface area contributed by atoms with Crippen molar-refractivity contribution in [3.63, 3.8) is 0 Å². The number of carbonyl (C=O) groups is 2. The number of amides is 3. The molecule has 0 unspecified atom stereocenters. The van der Waals surface area contributed by atoms with Gasteiger partial charge in [0.05, 0.1) is 11.4 Å². The molecule has 6 rings (SSSR count). The fourth-order valence-electron chi connectivity index (χ4n) is 7.40. The van der Waals surface area contributed by atoms with Crippen molar-refractivity contribution < 1.29 is 14.3 Å². The van der Waals surface area contributed by atoms with Crippen LogP contribution in [0.4, 0.5) is 10.6 Å². The molecule has 0 atom stereocenters. The van der Waals surface area contributed by atoms with Crippen LogP contribution in [0.2, 0.25) is 0 Å². The number of rotatable bonds is 9. The van der Waals surface area contributed by atoms with Gasteiger partial charge >= 0.3 is 6.03 Å². The summed E-state index contributed by atoms with van der Waals surface area (Å²) in [6.45, 7) is 9.33. The maximum absolute atomic E-state index is 13.7. The van der Waals surface area contributed by atoms with Crippen molar-refractivity contribution in [3.8, 4) is 5.69 Å². The van der Waals surface area contributed by atoms with Gasteiger partial charge in [-0.25, -0.2) is 9.48 Å². The highest BCUT2D eigenvalue weighted by Crippen LogP contribution is 2.55. The van der Waals surface area contributed by atoms with Gasteiger partial charge in [0.15, 0.2) is 0 Å². The Labute approximate surface area is 232 Å². The minimum Gasteiger partial charge on any atom is -0.385 e. The van der Waals surface area contributed by atoms with E-state index in [9.17, 15) is 9.59 Å². The minimum atomic E-state index is -0.233. The van der Waals surface area contributed by atoms with Crippen molar-refractivity contribution in [1.82, 2.24) is 20.0 Å². The van der Waals surface area contributed by atoms with Gasteiger partial charge in [0.25, 0.3) is 0 Å². The van der Waals surface area contributed by atoms with Gasteiger partial charge in [-0.1, -0.05) is 39.0 Å². The molecule has 1 heterocycles. The normalized spacial score (nSPS) is 25.5. The molecule has 4 bridgehead atoms. The summed E-state index contributed by atoms with van der Waals surface area (Å²) < 4.78 is 7.05. The maximum Gasteiger partial charge on any atom is 0.318 e. The largest absolute Gasteiger partial charge is 0.385 e. The molecule has 4 aliphatic carbocycles. The molecule has 39 heavy (non-hydrogen) atoms. The predicted octanol–water partition coefficient (Wildman–Crippen LogP) is 5.43. The summed E-state index contributed by atoms with van der Waals surface area (Å²) in [6, 6.07) is 9.80. The second-order valence-corrected chi connectivity index (χ2v) is 13.3. The van der Waals surface area contributed by atoms with Crippen LogP contribution >= 0.6 is 0 Å². The van der Waals surface area contributed by atoms with E-state index < -0.39 is 0 Å². The molecule has 0 radical (unpaired) electrons. The van der Waals surface area contributed by atoms with E-state index in [2.05, 4.69) is 31.4 Å². The molecule has 2 N–H and O–H groups in total. The Kier molecular flexibility index (Phi) is 7.77. The molecule has 0 saturated heterocycles. The molecule has 3 amide bonds. The Morgan fingerprint density at radius 3 is 2.33 bits per heavy atom. The third-order valence-electron chi connectivity index (χ3n) is 8.90. The van der Waals surface area contributed by atoms with Crippen LogP contribution in [-0.2, 0) is 14.9 Å². The molecule has 4 aliphatic rings. The lowest BCUT2D eigenvalue weighted by Crippen LogP contribution is -2.62. The van der Waals surface area contributed by atoms with E-state index in [1.807, 2.05) is 37.3 Å². The average Bonchev–Trinajstić information content (AvgIpc) is 3.26. The summed E-state index contributed by atoms with van der Waals surface area (Å²) in [6.07, 6.45) is 7.87. The second-order valence-electron chi connectivity index (χ2n) is 13.3. The van der Waals surface area contributed by atoms with E-state index in [1.165, 1.54) is 19.3 Å². The first-order valence-corrected chi connectivity index (χ1v) is 14.6. The molecule has 8 nitrogen and oxygen atoms in total. The lowest BCUT2D eigenvalue weighted by molar-refractivity contribution is -0.117. The lowest BCUT2D eigenvalue weighted by atomic mass is 9.53. The zero-order chi connectivity index (χ0) is 27.8. The topological polar surface area (TPSA) is 88.5 Å². The number of anilines is 1. The van der Waals surface area contributed by atoms with Gasteiger partial charge in [-0.05, 0) is 81.3 Å². The average molecular weight is 536 g/mol. The number of carbonyl (C=O) groups excluding carboxylic acids is 2. The Bertz CT molecular complexity index is 1160. The molecule has 0 aliphatic heterocycles. The molecular weight excluding hydrogens is 490 g/mol. The van der Waals surface area contributed by atoms with Crippen molar-refractivity contribution >= 4 is 17.8 Å². The summed E-state index contributed by atoms with van der Waals surface area (Å²) in [4.78, 5) is 28.8. The zero-order valence-electron chi connectivity index (χ0n) is 24.3. The first-order chi connectivity index (χ1) is 18.5. The Morgan fingerprint density at radius 2 is 1.74 bits per heavy atom. The highest BCUT2D eigenvalue weighted by Gasteiger charge is 2.51. The number of nitrogens with one attached hydrogen (secondary N) is 2. The highest BCUT2D eigenvalue weighted by molar-refractivity contribution is 5.94. The highest BCUT2D eigenvalue weighted by atomic mass is 16.5. The quantitative estimate of drug-likeness (QED) is 0.419. The van der Waals surface area contributed by atoms with E-state index in [0.717, 1.165) is 54.0 Å². The van der Waals surface area contributed by atoms with Crippen molar-refractivity contribution in [3.05, 3.63) is 41.6 Å². The van der Waals surface area contributed by atoms with Gasteiger partial charge in [0.2, 0.25) is 5.91 Å². The van der Waals surface area contributed by atoms with Crippen LogP contribution in [0.1, 0.15) is 77.0 Å². The number of aryl methyl sites for hydroxylation is 1. The summed E-state index contributed by atoms with van der Waals surface area (Å²) in [5.74, 6) is 2.59. The maximum atomic E-state index is 13.7. The smallest absolute Gasteiger partial charge is 0.318 e. The molecule has 4 saturated carbocycles. The van der Waals surface area contributed by atoms with Crippen LogP contribution in [0.5, 0.6) is 0 Å². The van der Waals surface area contributed by atoms with Crippen LogP contribution < -0.4 is 10.6 Å². The van der Waals surface area contributed by atoms with E-state index in [0.29, 0.717) is 25.4 Å². The van der Waals surface area contributed by atoms with Crippen LogP contribution in [0.25, 0.3) is 5.69 Å². The molecule has 2 aromatic rings. The van der Waals surface area contributed by atoms with Crippen molar-refractivity contribution in [2.45, 2.75) is 83.6 Å². The Balaban J connectivity index is 1.32. The van der Waals surface area contributed by atoms with Gasteiger partial charge in [0, 0.05) is 37.3 Å². The number of nitrogens with zero attached hydrogens (tertiary/aromatic N) is 3. The molecule has 8 heteroatoms. The van der Waals surface area contributed by atoms with Gasteiger partial charge in [-0.3, -0.25) is 4.79 Å². The SMILES string of the molecule is COCCCN(CC(=O)Nc1cc(C(C)(C)C)nn1-c1ccccc1C)C(=O)NC12CC3CC(CC(C3)C1)C2. The number of hydrogen-bond acceptors (Lipinski definition) is 4. The fraction of sp³-hybridized carbons (Fsp3) is 0.645. The third-order valence-corrected chi connectivity index (χ3v) is 8.90. The zero-order valence-corrected chi connectivity index (χ0v) is 24.3. The standard InChI is InChI=1S/C31H45N5O3/c1-21-9-6-7-10-25(21)36-27(16-26(34-36)30(2,3)4)32-28(37)20-35(11-8-12-39-5)29(38)33-31-17-22-13-23(18-31)15-24(14-22)19-31/h6-7,9-10,16,22-24H,8,11-15,17-20H2,1-5H3,(H,32,37)(H,33,38). The van der Waals surface area contributed by atoms with Gasteiger partial charge in [-0.2, -0.15) is 5.10 Å². The molecular formula is C31H45N5O3. The lowest BCUT2D eigenvalue weighted by Gasteiger charge is -2.57. The Morgan fingerprint density at radius 1 is 1.10 bits per heavy atom. The van der Waals surface area contributed by atoms with Crippen LogP contribution in [0.3, 0.4) is 0 Å². The van der Waals surface area contributed by atoms with Gasteiger partial charge in [-0.15, -0.1) is 0 Å². The van der Waals surface area contributed by atoms with Crippen molar-refractivity contribution in [2.24, 2.45) is 17.8 Å². The van der Waals surface area contributed by atoms with Gasteiger partial charge in [0.1, 0.15) is 12.4 Å². The number of urea groups is 1. The van der Waals surface area contributed by atoms with Crippen LogP contribution in [0, 0.1) is 24.7 Å². The predicted molar refractivity (Wildman–Crippen MR) is 153 cm³/mol. The fourth-order valence-corrected chi connectivity index (χ4v) is 7.40. The van der Waals surface area contributed by atoms with E-state index in [1.54, 1.807) is 16.7 Å². The van der Waals surface area contributed by atoms with E-state index in [-0.39, 0.29) is 29.4 Å². The van der Waals surface area contributed by atoms with Crippen LogP contribution in [0.15, 0.2) is 30.3 Å². The number of aromatic nitrogens is 2. The summed E-state index contributed by atoms with van der Waals surface area (Å²) in [7, 11) is 1.66. The summed E-state index contributed by atoms with van der Waals surface area (Å²) >= 11 is 0. The molecule has 1 aromatic carbocycles. The number of methoxy groups -OCH3 is 1. The van der Waals surface area contributed by atoms with Crippen LogP contribution in [-0.4, -0.2) is 59.0 Å². The first-order valence-electron chi connectivity index (χ1n) is 14.6. The van der Waals surface area contributed by atoms with E-state index in [4.69, 9.17) is 9.84 Å². The minimum absolute atomic E-state index is 0.0221. The Hall–Kier alpha value is -2.87. The summed E-state index contributed by atoms with van der Waals surface area (Å²) in [5, 5.41) is 11.4. The number of ether oxygens (including phenoxy) is 1. The summed E-state index contributed by atoms with van der Waals surface area (Å²) in [5.41, 5.74) is 2.58. The molecule has 4 fully saturated rings. The monoisotopic (exact) mass is 535 g/mol. The second kappa shape index (κ2) is 11.0.